The Balaban J connectivity index is 2.17. The molecule has 1 aromatic rings. The molecule has 1 unspecified atom stereocenters. The van der Waals surface area contributed by atoms with E-state index < -0.39 is 6.09 Å². The van der Waals surface area contributed by atoms with Crippen molar-refractivity contribution < 1.29 is 9.53 Å². The average Bonchev–Trinajstić information content (AvgIpc) is 2.35. The van der Waals surface area contributed by atoms with Crippen molar-refractivity contribution in [2.24, 2.45) is 11.8 Å². The van der Waals surface area contributed by atoms with Gasteiger partial charge in [0.2, 0.25) is 0 Å². The molecule has 1 rings (SSSR count). The summed E-state index contributed by atoms with van der Waals surface area (Å²) in [5.41, 5.74) is 3.53. The van der Waals surface area contributed by atoms with Crippen molar-refractivity contribution in [1.29, 1.82) is 0 Å². The van der Waals surface area contributed by atoms with Gasteiger partial charge in [0.05, 0.1) is 0 Å². The number of hydrogen-bond donors (Lipinski definition) is 3. The molecule has 0 saturated heterocycles. The van der Waals surface area contributed by atoms with Crippen LogP contribution in [0.25, 0.3) is 0 Å². The maximum Gasteiger partial charge on any atom is 0.407 e. The lowest BCUT2D eigenvalue weighted by atomic mass is 10.2. The number of amides is 1. The van der Waals surface area contributed by atoms with Crippen LogP contribution < -0.4 is 16.6 Å². The van der Waals surface area contributed by atoms with Crippen LogP contribution in [0.5, 0.6) is 0 Å². The number of hydrazine groups is 1. The molecule has 17 heavy (non-hydrogen) atoms. The molecule has 0 aliphatic rings. The van der Waals surface area contributed by atoms with Crippen molar-refractivity contribution in [3.63, 3.8) is 0 Å². The molecule has 1 atom stereocenters. The maximum absolute atomic E-state index is 11.3. The number of carbonyl (C=O) groups is 1. The van der Waals surface area contributed by atoms with Crippen LogP contribution in [0, 0.1) is 5.92 Å². The average molecular weight is 237 g/mol. The van der Waals surface area contributed by atoms with Gasteiger partial charge in [-0.3, -0.25) is 11.3 Å². The van der Waals surface area contributed by atoms with Gasteiger partial charge in [0, 0.05) is 13.1 Å². The van der Waals surface area contributed by atoms with Gasteiger partial charge in [-0.2, -0.15) is 0 Å². The van der Waals surface area contributed by atoms with E-state index in [1.165, 1.54) is 0 Å². The van der Waals surface area contributed by atoms with E-state index >= 15 is 0 Å². The first-order valence-corrected chi connectivity index (χ1v) is 5.60. The first-order valence-electron chi connectivity index (χ1n) is 5.60. The summed E-state index contributed by atoms with van der Waals surface area (Å²) in [4.78, 5) is 11.3. The van der Waals surface area contributed by atoms with E-state index in [0.717, 1.165) is 5.56 Å². The summed E-state index contributed by atoms with van der Waals surface area (Å²) in [6.45, 7) is 3.46. The molecule has 0 fully saturated rings. The van der Waals surface area contributed by atoms with E-state index in [-0.39, 0.29) is 12.5 Å². The molecule has 0 aromatic heterocycles. The molecule has 1 aromatic carbocycles. The normalized spacial score (nSPS) is 11.9. The smallest absolute Gasteiger partial charge is 0.407 e. The summed E-state index contributed by atoms with van der Waals surface area (Å²) in [7, 11) is 0. The molecular weight excluding hydrogens is 218 g/mol. The molecule has 0 aliphatic heterocycles. The highest BCUT2D eigenvalue weighted by Crippen LogP contribution is 2.00. The molecule has 0 bridgehead atoms. The molecule has 0 aliphatic carbocycles. The van der Waals surface area contributed by atoms with Crippen LogP contribution >= 0.6 is 0 Å². The Labute approximate surface area is 101 Å². The molecule has 4 N–H and O–H groups in total. The van der Waals surface area contributed by atoms with E-state index in [9.17, 15) is 4.79 Å². The summed E-state index contributed by atoms with van der Waals surface area (Å²) in [6.07, 6.45) is -0.405. The predicted molar refractivity (Wildman–Crippen MR) is 66.0 cm³/mol. The number of alkyl carbamates (subject to hydrolysis) is 1. The van der Waals surface area contributed by atoms with Crippen LogP contribution in [0.4, 0.5) is 4.79 Å². The van der Waals surface area contributed by atoms with Crippen LogP contribution in [0.15, 0.2) is 30.3 Å². The Hall–Kier alpha value is -1.59. The van der Waals surface area contributed by atoms with E-state index in [1.807, 2.05) is 37.3 Å². The Morgan fingerprint density at radius 1 is 1.35 bits per heavy atom. The predicted octanol–water partition coefficient (Wildman–Crippen LogP) is 1.01. The van der Waals surface area contributed by atoms with Crippen LogP contribution in [0.1, 0.15) is 12.5 Å². The van der Waals surface area contributed by atoms with Gasteiger partial charge in [0.25, 0.3) is 0 Å². The monoisotopic (exact) mass is 237 g/mol. The third-order valence-corrected chi connectivity index (χ3v) is 2.27. The second-order valence-electron chi connectivity index (χ2n) is 3.96. The van der Waals surface area contributed by atoms with Gasteiger partial charge < -0.3 is 10.1 Å². The fraction of sp³-hybridized carbons (Fsp3) is 0.417. The van der Waals surface area contributed by atoms with Gasteiger partial charge in [-0.25, -0.2) is 4.79 Å². The van der Waals surface area contributed by atoms with Crippen LogP contribution in [-0.2, 0) is 11.3 Å². The SMILES string of the molecule is CC(CNN)CNC(=O)OCc1ccccc1. The van der Waals surface area contributed by atoms with E-state index in [4.69, 9.17) is 10.6 Å². The van der Waals surface area contributed by atoms with Crippen LogP contribution in [0.2, 0.25) is 0 Å². The molecular formula is C12H19N3O2. The standard InChI is InChI=1S/C12H19N3O2/c1-10(8-15-13)7-14-12(16)17-9-11-5-3-2-4-6-11/h2-6,10,15H,7-9,13H2,1H3,(H,14,16). The van der Waals surface area contributed by atoms with Crippen molar-refractivity contribution in [2.45, 2.75) is 13.5 Å². The lowest BCUT2D eigenvalue weighted by Crippen LogP contribution is -2.35. The first kappa shape index (κ1) is 13.5. The first-order chi connectivity index (χ1) is 8.22. The van der Waals surface area contributed by atoms with Gasteiger partial charge in [0.15, 0.2) is 0 Å². The second-order valence-corrected chi connectivity index (χ2v) is 3.96. The Morgan fingerprint density at radius 3 is 2.71 bits per heavy atom. The van der Waals surface area contributed by atoms with Crippen molar-refractivity contribution in [3.05, 3.63) is 35.9 Å². The largest absolute Gasteiger partial charge is 0.445 e. The number of nitrogens with two attached hydrogens (primary N) is 1. The molecule has 1 amide bonds. The summed E-state index contributed by atoms with van der Waals surface area (Å²) < 4.78 is 5.05. The van der Waals surface area contributed by atoms with E-state index in [0.29, 0.717) is 13.1 Å². The van der Waals surface area contributed by atoms with Gasteiger partial charge in [-0.05, 0) is 11.5 Å². The highest BCUT2D eigenvalue weighted by molar-refractivity contribution is 5.67. The second kappa shape index (κ2) is 7.65. The highest BCUT2D eigenvalue weighted by Gasteiger charge is 2.05. The van der Waals surface area contributed by atoms with Gasteiger partial charge in [0.1, 0.15) is 6.61 Å². The van der Waals surface area contributed by atoms with Crippen molar-refractivity contribution in [3.8, 4) is 0 Å². The molecule has 5 heteroatoms. The minimum absolute atomic E-state index is 0.268. The minimum Gasteiger partial charge on any atom is -0.445 e. The van der Waals surface area contributed by atoms with Crippen LogP contribution in [-0.4, -0.2) is 19.2 Å². The number of carbonyl (C=O) groups excluding carboxylic acids is 1. The number of hydrogen-bond acceptors (Lipinski definition) is 4. The third kappa shape index (κ3) is 5.89. The highest BCUT2D eigenvalue weighted by atomic mass is 16.5. The zero-order valence-corrected chi connectivity index (χ0v) is 9.98. The fourth-order valence-electron chi connectivity index (χ4n) is 1.31. The van der Waals surface area contributed by atoms with Gasteiger partial charge >= 0.3 is 6.09 Å². The van der Waals surface area contributed by atoms with Crippen molar-refractivity contribution in [2.75, 3.05) is 13.1 Å². The zero-order valence-electron chi connectivity index (χ0n) is 9.98. The number of nitrogens with one attached hydrogen (secondary N) is 2. The molecule has 0 saturated carbocycles. The third-order valence-electron chi connectivity index (χ3n) is 2.27. The fourth-order valence-corrected chi connectivity index (χ4v) is 1.31. The van der Waals surface area contributed by atoms with E-state index in [1.54, 1.807) is 0 Å². The zero-order chi connectivity index (χ0) is 12.5. The summed E-state index contributed by atoms with van der Waals surface area (Å²) in [6, 6.07) is 9.56. The minimum atomic E-state index is -0.405. The van der Waals surface area contributed by atoms with Gasteiger partial charge in [-0.1, -0.05) is 37.3 Å². The molecule has 94 valence electrons. The molecule has 0 radical (unpaired) electrons. The van der Waals surface area contributed by atoms with Crippen molar-refractivity contribution in [1.82, 2.24) is 10.7 Å². The number of rotatable bonds is 6. The number of ether oxygens (including phenoxy) is 1. The van der Waals surface area contributed by atoms with Crippen LogP contribution in [0.3, 0.4) is 0 Å². The quantitative estimate of drug-likeness (QED) is 0.510. The molecule has 5 nitrogen and oxygen atoms in total. The topological polar surface area (TPSA) is 76.4 Å². The molecule has 0 heterocycles. The lowest BCUT2D eigenvalue weighted by Gasteiger charge is -2.12. The van der Waals surface area contributed by atoms with Crippen molar-refractivity contribution >= 4 is 6.09 Å². The maximum atomic E-state index is 11.3. The summed E-state index contributed by atoms with van der Waals surface area (Å²) in [5, 5.41) is 2.68. The Bertz CT molecular complexity index is 330. The summed E-state index contributed by atoms with van der Waals surface area (Å²) in [5.74, 6) is 5.44. The Morgan fingerprint density at radius 2 is 2.06 bits per heavy atom. The number of benzene rings is 1. The Kier molecular flexibility index (Phi) is 6.06. The lowest BCUT2D eigenvalue weighted by molar-refractivity contribution is 0.138. The van der Waals surface area contributed by atoms with E-state index in [2.05, 4.69) is 10.7 Å². The van der Waals surface area contributed by atoms with Gasteiger partial charge in [-0.15, -0.1) is 0 Å². The summed E-state index contributed by atoms with van der Waals surface area (Å²) >= 11 is 0. The molecule has 0 spiro atoms.